The van der Waals surface area contributed by atoms with Gasteiger partial charge in [0.1, 0.15) is 10.8 Å². The summed E-state index contributed by atoms with van der Waals surface area (Å²) in [6, 6.07) is 4.57. The van der Waals surface area contributed by atoms with Gasteiger partial charge in [0, 0.05) is 25.2 Å². The molecule has 0 amide bonds. The zero-order chi connectivity index (χ0) is 15.8. The lowest BCUT2D eigenvalue weighted by atomic mass is 9.97. The summed E-state index contributed by atoms with van der Waals surface area (Å²) in [5.74, 6) is -0.267. The van der Waals surface area contributed by atoms with Crippen LogP contribution in [0.2, 0.25) is 0 Å². The van der Waals surface area contributed by atoms with Gasteiger partial charge in [-0.15, -0.1) is 0 Å². The topological polar surface area (TPSA) is 38.5 Å². The molecule has 21 heavy (non-hydrogen) atoms. The molecule has 1 fully saturated rings. The molecule has 0 radical (unpaired) electrons. The molecule has 0 saturated carbocycles. The first-order valence-electron chi connectivity index (χ1n) is 7.09. The van der Waals surface area contributed by atoms with Crippen LogP contribution in [0.15, 0.2) is 18.2 Å². The number of morpholine rings is 1. The molecule has 0 bridgehead atoms. The lowest BCUT2D eigenvalue weighted by molar-refractivity contribution is -0.182. The highest BCUT2D eigenvalue weighted by atomic mass is 32.1. The summed E-state index contributed by atoms with van der Waals surface area (Å²) in [6.07, 6.45) is 0. The minimum absolute atomic E-state index is 0.238. The number of nitrogens with zero attached hydrogens (tertiary/aromatic N) is 1. The Hall–Kier alpha value is -1.04. The van der Waals surface area contributed by atoms with Crippen molar-refractivity contribution < 1.29 is 9.13 Å². The molecule has 2 rings (SSSR count). The number of thiocarbonyl (C=S) groups is 1. The molecule has 2 N–H and O–H groups in total. The van der Waals surface area contributed by atoms with Gasteiger partial charge in [0.25, 0.3) is 0 Å². The van der Waals surface area contributed by atoms with Gasteiger partial charge in [-0.3, -0.25) is 4.90 Å². The van der Waals surface area contributed by atoms with E-state index in [-0.39, 0.29) is 17.0 Å². The van der Waals surface area contributed by atoms with Crippen molar-refractivity contribution in [1.82, 2.24) is 4.90 Å². The first kappa shape index (κ1) is 16.3. The normalized spacial score (nSPS) is 21.2. The number of ether oxygens (including phenoxy) is 1. The fourth-order valence-electron chi connectivity index (χ4n) is 3.23. The van der Waals surface area contributed by atoms with Crippen molar-refractivity contribution in [2.45, 2.75) is 45.4 Å². The minimum atomic E-state index is -0.267. The van der Waals surface area contributed by atoms with Gasteiger partial charge >= 0.3 is 0 Å². The highest BCUT2D eigenvalue weighted by Crippen LogP contribution is 2.29. The molecule has 1 aliphatic heterocycles. The Labute approximate surface area is 131 Å². The second-order valence-corrected chi connectivity index (χ2v) is 7.37. The lowest BCUT2D eigenvalue weighted by Crippen LogP contribution is -2.56. The molecule has 3 nitrogen and oxygen atoms in total. The van der Waals surface area contributed by atoms with Crippen molar-refractivity contribution in [2.75, 3.05) is 13.1 Å². The molecule has 1 saturated heterocycles. The molecule has 1 heterocycles. The maximum atomic E-state index is 13.5. The van der Waals surface area contributed by atoms with Crippen molar-refractivity contribution in [3.63, 3.8) is 0 Å². The van der Waals surface area contributed by atoms with Crippen LogP contribution in [0.3, 0.4) is 0 Å². The van der Waals surface area contributed by atoms with Crippen molar-refractivity contribution in [2.24, 2.45) is 5.73 Å². The molecule has 0 aromatic heterocycles. The number of rotatable bonds is 3. The van der Waals surface area contributed by atoms with E-state index in [1.807, 2.05) is 0 Å². The van der Waals surface area contributed by atoms with E-state index >= 15 is 0 Å². The Balaban J connectivity index is 2.25. The molecule has 0 unspecified atom stereocenters. The van der Waals surface area contributed by atoms with Crippen molar-refractivity contribution in [3.8, 4) is 0 Å². The Morgan fingerprint density at radius 3 is 2.38 bits per heavy atom. The van der Waals surface area contributed by atoms with Crippen LogP contribution >= 0.6 is 12.2 Å². The van der Waals surface area contributed by atoms with Crippen LogP contribution in [0.1, 0.15) is 38.8 Å². The second kappa shape index (κ2) is 5.63. The predicted octanol–water partition coefficient (Wildman–Crippen LogP) is 2.85. The maximum absolute atomic E-state index is 13.5. The van der Waals surface area contributed by atoms with Crippen LogP contribution < -0.4 is 5.73 Å². The van der Waals surface area contributed by atoms with E-state index in [0.29, 0.717) is 11.5 Å². The monoisotopic (exact) mass is 310 g/mol. The van der Waals surface area contributed by atoms with E-state index in [1.165, 1.54) is 12.1 Å². The van der Waals surface area contributed by atoms with E-state index in [2.05, 4.69) is 32.6 Å². The highest BCUT2D eigenvalue weighted by Gasteiger charge is 2.38. The van der Waals surface area contributed by atoms with Crippen molar-refractivity contribution >= 4 is 17.2 Å². The Morgan fingerprint density at radius 1 is 1.29 bits per heavy atom. The van der Waals surface area contributed by atoms with E-state index < -0.39 is 0 Å². The third kappa shape index (κ3) is 4.22. The Bertz CT molecular complexity index is 541. The highest BCUT2D eigenvalue weighted by molar-refractivity contribution is 7.80. The SMILES string of the molecule is CC1(C)CN(Cc2cc(F)ccc2C(N)=S)CC(C)(C)O1. The van der Waals surface area contributed by atoms with E-state index in [9.17, 15) is 4.39 Å². The Morgan fingerprint density at radius 2 is 1.86 bits per heavy atom. The smallest absolute Gasteiger partial charge is 0.123 e. The molecule has 1 aliphatic rings. The lowest BCUT2D eigenvalue weighted by Gasteiger charge is -2.47. The zero-order valence-corrected chi connectivity index (χ0v) is 13.9. The summed E-state index contributed by atoms with van der Waals surface area (Å²) >= 11 is 5.06. The molecule has 0 aliphatic carbocycles. The van der Waals surface area contributed by atoms with E-state index in [1.54, 1.807) is 6.07 Å². The molecule has 116 valence electrons. The number of nitrogens with two attached hydrogens (primary N) is 1. The van der Waals surface area contributed by atoms with Crippen LogP contribution in [-0.2, 0) is 11.3 Å². The average molecular weight is 310 g/mol. The summed E-state index contributed by atoms with van der Waals surface area (Å²) in [5.41, 5.74) is 6.84. The predicted molar refractivity (Wildman–Crippen MR) is 86.8 cm³/mol. The maximum Gasteiger partial charge on any atom is 0.123 e. The third-order valence-electron chi connectivity index (χ3n) is 3.49. The van der Waals surface area contributed by atoms with Crippen LogP contribution in [0.5, 0.6) is 0 Å². The molecule has 0 spiro atoms. The summed E-state index contributed by atoms with van der Waals surface area (Å²) in [7, 11) is 0. The number of benzene rings is 1. The zero-order valence-electron chi connectivity index (χ0n) is 13.1. The standard InChI is InChI=1S/C16H23FN2OS/c1-15(2)9-19(10-16(3,4)20-15)8-11-7-12(17)5-6-13(11)14(18)21/h5-7H,8-10H2,1-4H3,(H2,18,21). The molecular weight excluding hydrogens is 287 g/mol. The van der Waals surface area contributed by atoms with Gasteiger partial charge in [-0.25, -0.2) is 4.39 Å². The van der Waals surface area contributed by atoms with Crippen LogP contribution in [-0.4, -0.2) is 34.2 Å². The average Bonchev–Trinajstić information content (AvgIpc) is 2.23. The minimum Gasteiger partial charge on any atom is -0.389 e. The number of hydrogen-bond donors (Lipinski definition) is 1. The van der Waals surface area contributed by atoms with Crippen LogP contribution in [0.25, 0.3) is 0 Å². The largest absolute Gasteiger partial charge is 0.389 e. The molecular formula is C16H23FN2OS. The summed E-state index contributed by atoms with van der Waals surface area (Å²) in [6.45, 7) is 10.5. The fourth-order valence-corrected chi connectivity index (χ4v) is 3.43. The van der Waals surface area contributed by atoms with Gasteiger partial charge in [-0.05, 0) is 51.5 Å². The van der Waals surface area contributed by atoms with Gasteiger partial charge in [0.2, 0.25) is 0 Å². The number of hydrogen-bond acceptors (Lipinski definition) is 3. The fraction of sp³-hybridized carbons (Fsp3) is 0.562. The van der Waals surface area contributed by atoms with Gasteiger partial charge in [0.15, 0.2) is 0 Å². The molecule has 1 aromatic carbocycles. The van der Waals surface area contributed by atoms with Gasteiger partial charge < -0.3 is 10.5 Å². The molecule has 1 aromatic rings. The first-order chi connectivity index (χ1) is 9.58. The van der Waals surface area contributed by atoms with Crippen molar-refractivity contribution in [1.29, 1.82) is 0 Å². The van der Waals surface area contributed by atoms with Gasteiger partial charge in [-0.1, -0.05) is 12.2 Å². The van der Waals surface area contributed by atoms with E-state index in [0.717, 1.165) is 24.2 Å². The van der Waals surface area contributed by atoms with Gasteiger partial charge in [-0.2, -0.15) is 0 Å². The Kier molecular flexibility index (Phi) is 4.38. The second-order valence-electron chi connectivity index (χ2n) is 6.93. The molecule has 5 heteroatoms. The van der Waals surface area contributed by atoms with E-state index in [4.69, 9.17) is 22.7 Å². The summed E-state index contributed by atoms with van der Waals surface area (Å²) in [4.78, 5) is 2.57. The quantitative estimate of drug-likeness (QED) is 0.871. The van der Waals surface area contributed by atoms with Crippen LogP contribution in [0.4, 0.5) is 4.39 Å². The van der Waals surface area contributed by atoms with Crippen molar-refractivity contribution in [3.05, 3.63) is 35.1 Å². The van der Waals surface area contributed by atoms with Gasteiger partial charge in [0.05, 0.1) is 11.2 Å². The summed E-state index contributed by atoms with van der Waals surface area (Å²) in [5, 5.41) is 0. The summed E-state index contributed by atoms with van der Waals surface area (Å²) < 4.78 is 19.6. The van der Waals surface area contributed by atoms with Crippen LogP contribution in [0, 0.1) is 5.82 Å². The molecule has 0 atom stereocenters. The first-order valence-corrected chi connectivity index (χ1v) is 7.50. The third-order valence-corrected chi connectivity index (χ3v) is 3.71. The number of halogens is 1.